The summed E-state index contributed by atoms with van der Waals surface area (Å²) in [4.78, 5) is 27.6. The molecule has 3 aliphatic heterocycles. The van der Waals surface area contributed by atoms with Crippen molar-refractivity contribution in [1.29, 1.82) is 0 Å². The van der Waals surface area contributed by atoms with E-state index in [9.17, 15) is 35.1 Å². The van der Waals surface area contributed by atoms with Gasteiger partial charge in [-0.25, -0.2) is 0 Å². The van der Waals surface area contributed by atoms with E-state index in [0.717, 1.165) is 0 Å². The summed E-state index contributed by atoms with van der Waals surface area (Å²) in [5.74, 6) is -4.97. The van der Waals surface area contributed by atoms with Gasteiger partial charge in [0.1, 0.15) is 29.7 Å². The van der Waals surface area contributed by atoms with Crippen molar-refractivity contribution in [2.75, 3.05) is 7.11 Å². The number of ketones is 1. The molecule has 0 spiro atoms. The normalized spacial score (nSPS) is 50.1. The molecule has 0 bridgehead atoms. The summed E-state index contributed by atoms with van der Waals surface area (Å²) in [7, 11) is 1.48. The van der Waals surface area contributed by atoms with Gasteiger partial charge in [-0.1, -0.05) is 39.8 Å². The molecule has 48 heavy (non-hydrogen) atoms. The molecule has 0 aliphatic carbocycles. The van der Waals surface area contributed by atoms with E-state index in [-0.39, 0.29) is 19.3 Å². The van der Waals surface area contributed by atoms with Gasteiger partial charge in [0.05, 0.1) is 47.6 Å². The number of carbonyl (C=O) groups excluding carboxylic acids is 2. The molecule has 0 aromatic carbocycles. The van der Waals surface area contributed by atoms with Crippen molar-refractivity contribution in [2.24, 2.45) is 23.7 Å². The number of methoxy groups -OCH3 is 1. The highest BCUT2D eigenvalue weighted by atomic mass is 16.7. The SMILES string of the molecule is CC[C@H]1OC(=O)[C@H](C)[C@@H](O[C@H]2C[C@@](C)(OC)[C@@H](O)[C@H](C)O2)[C@H](C)[C@@H](O[C@@H]2O[C@H](C)C=C[C@H]2O)[C@](C)(O)C[C@@H](C)C(=O)[C@H](C)[C@@H](O)[C@]1(C)O. The fraction of sp³-hybridized carbons (Fsp3) is 0.886. The van der Waals surface area contributed by atoms with Gasteiger partial charge in [-0.3, -0.25) is 9.59 Å². The van der Waals surface area contributed by atoms with Crippen molar-refractivity contribution in [3.8, 4) is 0 Å². The molecule has 2 saturated heterocycles. The first-order valence-electron chi connectivity index (χ1n) is 17.2. The van der Waals surface area contributed by atoms with Crippen molar-refractivity contribution < 1.29 is 63.5 Å². The van der Waals surface area contributed by atoms with Gasteiger partial charge in [-0.15, -0.1) is 0 Å². The molecule has 0 amide bonds. The monoisotopic (exact) mass is 688 g/mol. The number of rotatable bonds is 6. The number of Topliss-reactive ketones (excluding diaryl/α,β-unsaturated/α-hetero) is 1. The molecule has 0 aromatic heterocycles. The predicted octanol–water partition coefficient (Wildman–Crippen LogP) is 2.02. The third kappa shape index (κ3) is 8.67. The van der Waals surface area contributed by atoms with Gasteiger partial charge in [-0.05, 0) is 54.4 Å². The lowest BCUT2D eigenvalue weighted by atomic mass is 9.74. The van der Waals surface area contributed by atoms with E-state index in [0.29, 0.717) is 0 Å². The molecule has 17 atom stereocenters. The molecule has 278 valence electrons. The van der Waals surface area contributed by atoms with Gasteiger partial charge in [0, 0.05) is 31.3 Å². The Balaban J connectivity index is 2.16. The van der Waals surface area contributed by atoms with Crippen LogP contribution in [0.25, 0.3) is 0 Å². The van der Waals surface area contributed by atoms with E-state index in [1.165, 1.54) is 34.0 Å². The number of ether oxygens (including phenoxy) is 6. The average molecular weight is 689 g/mol. The number of cyclic esters (lactones) is 1. The van der Waals surface area contributed by atoms with Crippen molar-refractivity contribution in [1.82, 2.24) is 0 Å². The van der Waals surface area contributed by atoms with Crippen LogP contribution < -0.4 is 0 Å². The van der Waals surface area contributed by atoms with Gasteiger partial charge in [-0.2, -0.15) is 0 Å². The first-order chi connectivity index (χ1) is 22.1. The van der Waals surface area contributed by atoms with Crippen molar-refractivity contribution in [3.05, 3.63) is 12.2 Å². The van der Waals surface area contributed by atoms with Crippen LogP contribution in [0, 0.1) is 23.7 Å². The predicted molar refractivity (Wildman–Crippen MR) is 173 cm³/mol. The molecule has 3 heterocycles. The second-order valence-electron chi connectivity index (χ2n) is 15.0. The molecular formula is C35H60O13. The van der Waals surface area contributed by atoms with E-state index in [2.05, 4.69) is 0 Å². The Bertz CT molecular complexity index is 1130. The second kappa shape index (κ2) is 15.8. The molecular weight excluding hydrogens is 628 g/mol. The molecule has 2 fully saturated rings. The van der Waals surface area contributed by atoms with E-state index in [1.807, 2.05) is 0 Å². The van der Waals surface area contributed by atoms with Crippen LogP contribution in [0.4, 0.5) is 0 Å². The van der Waals surface area contributed by atoms with E-state index < -0.39 is 114 Å². The fourth-order valence-corrected chi connectivity index (χ4v) is 7.57. The lowest BCUT2D eigenvalue weighted by Gasteiger charge is -2.48. The minimum Gasteiger partial charge on any atom is -0.459 e. The summed E-state index contributed by atoms with van der Waals surface area (Å²) >= 11 is 0. The molecule has 3 rings (SSSR count). The third-order valence-electron chi connectivity index (χ3n) is 10.8. The quantitative estimate of drug-likeness (QED) is 0.201. The minimum atomic E-state index is -1.99. The number of carbonyl (C=O) groups is 2. The minimum absolute atomic E-state index is 0.0938. The van der Waals surface area contributed by atoms with Crippen LogP contribution in [-0.2, 0) is 38.0 Å². The Hall–Kier alpha value is -1.52. The lowest BCUT2D eigenvalue weighted by molar-refractivity contribution is -0.309. The van der Waals surface area contributed by atoms with E-state index in [4.69, 9.17) is 28.4 Å². The molecule has 0 radical (unpaired) electrons. The number of hydrogen-bond donors (Lipinski definition) is 5. The maximum Gasteiger partial charge on any atom is 0.311 e. The summed E-state index contributed by atoms with van der Waals surface area (Å²) in [6.45, 7) is 16.1. The Labute approximate surface area is 284 Å². The van der Waals surface area contributed by atoms with Crippen molar-refractivity contribution >= 4 is 11.8 Å². The summed E-state index contributed by atoms with van der Waals surface area (Å²) in [5.41, 5.74) is -4.82. The van der Waals surface area contributed by atoms with Crippen molar-refractivity contribution in [3.63, 3.8) is 0 Å². The smallest absolute Gasteiger partial charge is 0.311 e. The van der Waals surface area contributed by atoms with Gasteiger partial charge >= 0.3 is 5.97 Å². The molecule has 13 heteroatoms. The van der Waals surface area contributed by atoms with Crippen LogP contribution in [0.15, 0.2) is 12.2 Å². The van der Waals surface area contributed by atoms with Gasteiger partial charge in [0.15, 0.2) is 12.6 Å². The van der Waals surface area contributed by atoms with E-state index >= 15 is 0 Å². The van der Waals surface area contributed by atoms with Crippen LogP contribution in [0.3, 0.4) is 0 Å². The maximum absolute atomic E-state index is 14.0. The molecule has 3 aliphatic rings. The fourth-order valence-electron chi connectivity index (χ4n) is 7.57. The van der Waals surface area contributed by atoms with E-state index in [1.54, 1.807) is 54.5 Å². The zero-order valence-electron chi connectivity index (χ0n) is 30.4. The summed E-state index contributed by atoms with van der Waals surface area (Å²) in [6.07, 6.45) is -7.18. The number of aliphatic hydroxyl groups is 5. The van der Waals surface area contributed by atoms with Gasteiger partial charge in [0.2, 0.25) is 0 Å². The van der Waals surface area contributed by atoms with Crippen LogP contribution >= 0.6 is 0 Å². The highest BCUT2D eigenvalue weighted by Gasteiger charge is 2.52. The first-order valence-corrected chi connectivity index (χ1v) is 17.2. The largest absolute Gasteiger partial charge is 0.459 e. The molecule has 0 saturated carbocycles. The summed E-state index contributed by atoms with van der Waals surface area (Å²) in [5, 5.41) is 56.6. The topological polar surface area (TPSA) is 191 Å². The van der Waals surface area contributed by atoms with Crippen LogP contribution in [0.5, 0.6) is 0 Å². The van der Waals surface area contributed by atoms with Crippen LogP contribution in [0.2, 0.25) is 0 Å². The maximum atomic E-state index is 14.0. The molecule has 13 nitrogen and oxygen atoms in total. The number of esters is 1. The molecule has 0 aromatic rings. The first kappa shape index (κ1) is 40.9. The molecule has 0 unspecified atom stereocenters. The molecule has 5 N–H and O–H groups in total. The Morgan fingerprint density at radius 2 is 1.50 bits per heavy atom. The highest BCUT2D eigenvalue weighted by Crippen LogP contribution is 2.40. The summed E-state index contributed by atoms with van der Waals surface area (Å²) < 4.78 is 36.4. The Kier molecular flexibility index (Phi) is 13.5. The Morgan fingerprint density at radius 3 is 2.08 bits per heavy atom. The second-order valence-corrected chi connectivity index (χ2v) is 15.0. The third-order valence-corrected chi connectivity index (χ3v) is 10.8. The average Bonchev–Trinajstić information content (AvgIpc) is 3.02. The van der Waals surface area contributed by atoms with Gasteiger partial charge < -0.3 is 54.0 Å². The number of aliphatic hydroxyl groups excluding tert-OH is 3. The lowest BCUT2D eigenvalue weighted by Crippen LogP contribution is -2.60. The zero-order chi connectivity index (χ0) is 36.5. The highest BCUT2D eigenvalue weighted by molar-refractivity contribution is 5.83. The van der Waals surface area contributed by atoms with Crippen LogP contribution in [-0.4, -0.2) is 123 Å². The van der Waals surface area contributed by atoms with Crippen molar-refractivity contribution in [2.45, 2.75) is 167 Å². The van der Waals surface area contributed by atoms with Gasteiger partial charge in [0.25, 0.3) is 0 Å². The van der Waals surface area contributed by atoms with Crippen LogP contribution in [0.1, 0.15) is 88.5 Å². The Morgan fingerprint density at radius 1 is 0.875 bits per heavy atom. The standard InChI is InChI=1S/C35H60O13/c1-12-24-35(10,42)28(38)19(4)26(37)17(2)15-33(8,41)30(48-32-23(36)14-13-18(3)44-32)20(5)27(21(6)31(40)46-24)47-25-16-34(9,43-11)29(39)22(7)45-25/h13-14,17-25,27-30,32,36,38-39,41-42H,12,15-16H2,1-11H3/t17-,18-,19+,20+,21-,22+,23-,24-,25+,27+,28-,29+,30-,32+,33-,34-,35-/m1/s1. The number of hydrogen-bond acceptors (Lipinski definition) is 13. The zero-order valence-corrected chi connectivity index (χ0v) is 30.4. The summed E-state index contributed by atoms with van der Waals surface area (Å²) in [6, 6.07) is 0.